The number of nitrogens with one attached hydrogen (secondary N) is 1. The van der Waals surface area contributed by atoms with Crippen LogP contribution in [0.1, 0.15) is 20.8 Å². The van der Waals surface area contributed by atoms with E-state index in [-0.39, 0.29) is 17.0 Å². The molecule has 0 atom stereocenters. The molecule has 1 aliphatic rings. The molecule has 0 aliphatic carbocycles. The minimum Gasteiger partial charge on any atom is -0.466 e. The Balaban J connectivity index is 2.95. The van der Waals surface area contributed by atoms with Gasteiger partial charge in [-0.1, -0.05) is 20.8 Å². The van der Waals surface area contributed by atoms with Gasteiger partial charge in [0.15, 0.2) is 0 Å². The van der Waals surface area contributed by atoms with Crippen LogP contribution in [0.25, 0.3) is 0 Å². The van der Waals surface area contributed by atoms with Crippen molar-refractivity contribution in [3.63, 3.8) is 0 Å². The second-order valence-electron chi connectivity index (χ2n) is 4.22. The third-order valence-corrected chi connectivity index (χ3v) is 1.86. The van der Waals surface area contributed by atoms with Gasteiger partial charge < -0.3 is 10.1 Å². The molecule has 5 heteroatoms. The summed E-state index contributed by atoms with van der Waals surface area (Å²) in [6.07, 6.45) is 1.08. The summed E-state index contributed by atoms with van der Waals surface area (Å²) in [6.45, 7) is 5.77. The maximum Gasteiger partial charge on any atom is 0.332 e. The Labute approximate surface area is 88.2 Å². The predicted molar refractivity (Wildman–Crippen MR) is 55.1 cm³/mol. The monoisotopic (exact) mass is 210 g/mol. The van der Waals surface area contributed by atoms with Gasteiger partial charge in [-0.05, 0) is 0 Å². The van der Waals surface area contributed by atoms with Gasteiger partial charge in [-0.25, -0.2) is 9.79 Å². The predicted octanol–water partition coefficient (Wildman–Crippen LogP) is 0.618. The molecule has 0 spiro atoms. The molecular formula is C10H14N2O3. The summed E-state index contributed by atoms with van der Waals surface area (Å²) >= 11 is 0. The van der Waals surface area contributed by atoms with E-state index in [1.807, 2.05) is 20.8 Å². The second kappa shape index (κ2) is 3.84. The third-order valence-electron chi connectivity index (χ3n) is 1.86. The van der Waals surface area contributed by atoms with Gasteiger partial charge in [0.25, 0.3) is 5.91 Å². The van der Waals surface area contributed by atoms with E-state index in [1.54, 1.807) is 0 Å². The highest BCUT2D eigenvalue weighted by molar-refractivity contribution is 6.15. The molecular weight excluding hydrogens is 196 g/mol. The van der Waals surface area contributed by atoms with E-state index in [0.717, 1.165) is 6.08 Å². The van der Waals surface area contributed by atoms with E-state index in [9.17, 15) is 9.59 Å². The van der Waals surface area contributed by atoms with Gasteiger partial charge in [-0.2, -0.15) is 0 Å². The SMILES string of the molecule is COC(=O)/C=C1/N=C(C(C)(C)C)NC1=O. The van der Waals surface area contributed by atoms with Crippen molar-refractivity contribution >= 4 is 17.7 Å². The first-order valence-corrected chi connectivity index (χ1v) is 4.55. The lowest BCUT2D eigenvalue weighted by Gasteiger charge is -2.16. The standard InChI is InChI=1S/C10H14N2O3/c1-10(2,3)9-11-6(8(14)12-9)5-7(13)15-4/h5H,1-4H3,(H,11,12,14)/b6-5+. The van der Waals surface area contributed by atoms with Gasteiger partial charge >= 0.3 is 5.97 Å². The first kappa shape index (κ1) is 11.4. The normalized spacial score (nSPS) is 18.8. The summed E-state index contributed by atoms with van der Waals surface area (Å²) in [5.74, 6) is -0.396. The van der Waals surface area contributed by atoms with Gasteiger partial charge in [-0.15, -0.1) is 0 Å². The molecule has 1 aliphatic heterocycles. The van der Waals surface area contributed by atoms with Crippen molar-refractivity contribution in [1.82, 2.24) is 5.32 Å². The van der Waals surface area contributed by atoms with Crippen LogP contribution in [0.3, 0.4) is 0 Å². The highest BCUT2D eigenvalue weighted by Crippen LogP contribution is 2.20. The van der Waals surface area contributed by atoms with E-state index >= 15 is 0 Å². The fourth-order valence-corrected chi connectivity index (χ4v) is 0.994. The van der Waals surface area contributed by atoms with Crippen LogP contribution in [-0.2, 0) is 14.3 Å². The first-order chi connectivity index (χ1) is 6.84. The number of esters is 1. The average molecular weight is 210 g/mol. The number of nitrogens with zero attached hydrogens (tertiary/aromatic N) is 1. The third kappa shape index (κ3) is 2.65. The lowest BCUT2D eigenvalue weighted by molar-refractivity contribution is -0.135. The number of methoxy groups -OCH3 is 1. The van der Waals surface area contributed by atoms with E-state index < -0.39 is 5.97 Å². The zero-order valence-corrected chi connectivity index (χ0v) is 9.25. The lowest BCUT2D eigenvalue weighted by Crippen LogP contribution is -2.34. The molecule has 0 saturated heterocycles. The molecule has 0 bridgehead atoms. The number of aliphatic imine (C=N–C) groups is 1. The Hall–Kier alpha value is -1.65. The maximum atomic E-state index is 11.4. The summed E-state index contributed by atoms with van der Waals surface area (Å²) in [7, 11) is 1.25. The minimum absolute atomic E-state index is 0.0896. The van der Waals surface area contributed by atoms with E-state index in [1.165, 1.54) is 7.11 Å². The van der Waals surface area contributed by atoms with Crippen molar-refractivity contribution in [3.8, 4) is 0 Å². The van der Waals surface area contributed by atoms with Crippen LogP contribution in [-0.4, -0.2) is 24.8 Å². The van der Waals surface area contributed by atoms with Gasteiger partial charge in [0.2, 0.25) is 0 Å². The van der Waals surface area contributed by atoms with Gasteiger partial charge in [0.1, 0.15) is 11.5 Å². The molecule has 0 unspecified atom stereocenters. The molecule has 1 rings (SSSR count). The van der Waals surface area contributed by atoms with Crippen LogP contribution in [0, 0.1) is 5.41 Å². The summed E-state index contributed by atoms with van der Waals surface area (Å²) in [6, 6.07) is 0. The average Bonchev–Trinajstić information content (AvgIpc) is 2.47. The summed E-state index contributed by atoms with van der Waals surface area (Å²) < 4.78 is 4.42. The fourth-order valence-electron chi connectivity index (χ4n) is 0.994. The quantitative estimate of drug-likeness (QED) is 0.509. The molecule has 0 aromatic heterocycles. The van der Waals surface area contributed by atoms with Gasteiger partial charge in [0.05, 0.1) is 13.2 Å². The van der Waals surface area contributed by atoms with Crippen molar-refractivity contribution in [2.75, 3.05) is 7.11 Å². The second-order valence-corrected chi connectivity index (χ2v) is 4.22. The van der Waals surface area contributed by atoms with Crippen molar-refractivity contribution in [3.05, 3.63) is 11.8 Å². The van der Waals surface area contributed by atoms with Crippen molar-refractivity contribution in [1.29, 1.82) is 0 Å². The number of amidine groups is 1. The highest BCUT2D eigenvalue weighted by atomic mass is 16.5. The zero-order valence-electron chi connectivity index (χ0n) is 9.25. The number of rotatable bonds is 1. The molecule has 1 N–H and O–H groups in total. The van der Waals surface area contributed by atoms with Crippen LogP contribution in [0.5, 0.6) is 0 Å². The summed E-state index contributed by atoms with van der Waals surface area (Å²) in [4.78, 5) is 26.3. The molecule has 0 radical (unpaired) electrons. The maximum absolute atomic E-state index is 11.4. The Bertz CT molecular complexity index is 361. The van der Waals surface area contributed by atoms with Gasteiger partial charge in [0, 0.05) is 5.41 Å². The molecule has 0 fully saturated rings. The summed E-state index contributed by atoms with van der Waals surface area (Å²) in [5, 5.41) is 2.61. The summed E-state index contributed by atoms with van der Waals surface area (Å²) in [5.41, 5.74) is -0.159. The Morgan fingerprint density at radius 1 is 1.47 bits per heavy atom. The Morgan fingerprint density at radius 2 is 2.07 bits per heavy atom. The van der Waals surface area contributed by atoms with E-state index in [2.05, 4.69) is 15.0 Å². The van der Waals surface area contributed by atoms with Crippen LogP contribution in [0.4, 0.5) is 0 Å². The Kier molecular flexibility index (Phi) is 2.93. The van der Waals surface area contributed by atoms with Crippen molar-refractivity contribution < 1.29 is 14.3 Å². The number of hydrogen-bond acceptors (Lipinski definition) is 4. The molecule has 15 heavy (non-hydrogen) atoms. The fraction of sp³-hybridized carbons (Fsp3) is 0.500. The molecule has 82 valence electrons. The van der Waals surface area contributed by atoms with E-state index in [4.69, 9.17) is 0 Å². The van der Waals surface area contributed by atoms with Crippen LogP contribution in [0.15, 0.2) is 16.8 Å². The number of carbonyl (C=O) groups excluding carboxylic acids is 2. The number of ether oxygens (including phenoxy) is 1. The highest BCUT2D eigenvalue weighted by Gasteiger charge is 2.29. The molecule has 1 heterocycles. The smallest absolute Gasteiger partial charge is 0.332 e. The minimum atomic E-state index is -0.584. The lowest BCUT2D eigenvalue weighted by atomic mass is 9.95. The van der Waals surface area contributed by atoms with E-state index in [0.29, 0.717) is 5.84 Å². The van der Waals surface area contributed by atoms with Crippen molar-refractivity contribution in [2.45, 2.75) is 20.8 Å². The number of amides is 1. The molecule has 1 amide bonds. The van der Waals surface area contributed by atoms with Gasteiger partial charge in [-0.3, -0.25) is 4.79 Å². The zero-order chi connectivity index (χ0) is 11.6. The molecule has 0 aromatic carbocycles. The van der Waals surface area contributed by atoms with Crippen LogP contribution >= 0.6 is 0 Å². The molecule has 5 nitrogen and oxygen atoms in total. The number of carbonyl (C=O) groups is 2. The Morgan fingerprint density at radius 3 is 2.47 bits per heavy atom. The number of hydrogen-bond donors (Lipinski definition) is 1. The molecule has 0 saturated carbocycles. The molecule has 0 aromatic rings. The largest absolute Gasteiger partial charge is 0.466 e. The topological polar surface area (TPSA) is 67.8 Å². The first-order valence-electron chi connectivity index (χ1n) is 4.55. The van der Waals surface area contributed by atoms with Crippen LogP contribution in [0.2, 0.25) is 0 Å². The van der Waals surface area contributed by atoms with Crippen LogP contribution < -0.4 is 5.32 Å². The van der Waals surface area contributed by atoms with Crippen molar-refractivity contribution in [2.24, 2.45) is 10.4 Å².